The largest absolute Gasteiger partial charge is 0.398 e. The second-order valence-electron chi connectivity index (χ2n) is 5.97. The van der Waals surface area contributed by atoms with E-state index in [0.29, 0.717) is 31.8 Å². The summed E-state index contributed by atoms with van der Waals surface area (Å²) in [7, 11) is 1.67. The van der Waals surface area contributed by atoms with Gasteiger partial charge in [0, 0.05) is 18.0 Å². The summed E-state index contributed by atoms with van der Waals surface area (Å²) < 4.78 is 57.7. The summed E-state index contributed by atoms with van der Waals surface area (Å²) in [5.74, 6) is -1.59. The SMILES string of the molecule is Cc1cc(F)c(-n2c(=S)n(C3CC3)c(=S)n2C)cc1SCC(F)(F)F. The van der Waals surface area contributed by atoms with Crippen LogP contribution in [0.25, 0.3) is 5.69 Å². The quantitative estimate of drug-likeness (QED) is 0.376. The van der Waals surface area contributed by atoms with Gasteiger partial charge < -0.3 is 0 Å². The zero-order chi connectivity index (χ0) is 18.5. The third kappa shape index (κ3) is 3.70. The molecular weight excluding hydrogens is 394 g/mol. The van der Waals surface area contributed by atoms with E-state index in [9.17, 15) is 17.6 Å². The number of hydrogen-bond donors (Lipinski definition) is 0. The first-order valence-electron chi connectivity index (χ1n) is 7.51. The normalized spacial score (nSPS) is 15.0. The molecule has 1 heterocycles. The Morgan fingerprint density at radius 2 is 1.84 bits per heavy atom. The first kappa shape index (κ1) is 18.7. The fourth-order valence-electron chi connectivity index (χ4n) is 2.58. The number of halogens is 4. The van der Waals surface area contributed by atoms with Crippen molar-refractivity contribution < 1.29 is 17.6 Å². The molecule has 0 aliphatic heterocycles. The Hall–Kier alpha value is -1.13. The third-order valence-corrected chi connectivity index (χ3v) is 6.00. The lowest BCUT2D eigenvalue weighted by Gasteiger charge is -2.13. The molecule has 3 nitrogen and oxygen atoms in total. The molecule has 136 valence electrons. The molecule has 0 atom stereocenters. The number of thioether (sulfide) groups is 1. The molecule has 0 spiro atoms. The van der Waals surface area contributed by atoms with Crippen LogP contribution in [-0.4, -0.2) is 25.9 Å². The fraction of sp³-hybridized carbons (Fsp3) is 0.467. The Balaban J connectivity index is 2.10. The summed E-state index contributed by atoms with van der Waals surface area (Å²) in [6, 6.07) is 2.86. The summed E-state index contributed by atoms with van der Waals surface area (Å²) in [4.78, 5) is 0.362. The van der Waals surface area contributed by atoms with Gasteiger partial charge in [-0.25, -0.2) is 9.07 Å². The highest BCUT2D eigenvalue weighted by atomic mass is 32.2. The zero-order valence-electron chi connectivity index (χ0n) is 13.4. The van der Waals surface area contributed by atoms with Crippen LogP contribution >= 0.6 is 36.2 Å². The first-order chi connectivity index (χ1) is 11.6. The van der Waals surface area contributed by atoms with Crippen LogP contribution < -0.4 is 0 Å². The highest BCUT2D eigenvalue weighted by Gasteiger charge is 2.29. The Morgan fingerprint density at radius 3 is 2.40 bits per heavy atom. The number of aryl methyl sites for hydroxylation is 1. The van der Waals surface area contributed by atoms with Gasteiger partial charge in [-0.15, -0.1) is 11.8 Å². The summed E-state index contributed by atoms with van der Waals surface area (Å²) >= 11 is 11.5. The van der Waals surface area contributed by atoms with E-state index in [4.69, 9.17) is 24.4 Å². The van der Waals surface area contributed by atoms with Gasteiger partial charge in [0.15, 0.2) is 4.77 Å². The standard InChI is InChI=1S/C15H15F4N3S3/c1-8-5-10(16)11(6-12(8)25-7-15(17,18)19)22-14(24)21(9-3-4-9)13(23)20(22)2/h5-6,9H,3-4,7H2,1-2H3. The maximum absolute atomic E-state index is 14.6. The molecule has 25 heavy (non-hydrogen) atoms. The minimum Gasteiger partial charge on any atom is -0.290 e. The fourth-order valence-corrected chi connectivity index (χ4v) is 4.21. The monoisotopic (exact) mass is 409 g/mol. The Morgan fingerprint density at radius 1 is 1.20 bits per heavy atom. The van der Waals surface area contributed by atoms with Crippen LogP contribution in [0.4, 0.5) is 17.6 Å². The van der Waals surface area contributed by atoms with E-state index in [1.807, 2.05) is 0 Å². The van der Waals surface area contributed by atoms with Crippen LogP contribution in [0.5, 0.6) is 0 Å². The van der Waals surface area contributed by atoms with Crippen molar-refractivity contribution in [3.8, 4) is 5.69 Å². The number of aromatic nitrogens is 3. The Labute approximate surface area is 156 Å². The number of rotatable bonds is 4. The predicted octanol–water partition coefficient (Wildman–Crippen LogP) is 5.51. The zero-order valence-corrected chi connectivity index (χ0v) is 15.9. The molecule has 0 saturated heterocycles. The summed E-state index contributed by atoms with van der Waals surface area (Å²) in [6.45, 7) is 1.58. The van der Waals surface area contributed by atoms with E-state index in [0.717, 1.165) is 12.8 Å². The van der Waals surface area contributed by atoms with Crippen molar-refractivity contribution in [3.63, 3.8) is 0 Å². The molecule has 1 aliphatic rings. The van der Waals surface area contributed by atoms with Crippen LogP contribution in [-0.2, 0) is 7.05 Å². The molecule has 0 radical (unpaired) electrons. The van der Waals surface area contributed by atoms with Gasteiger partial charge in [-0.1, -0.05) is 0 Å². The number of nitrogens with zero attached hydrogens (tertiary/aromatic N) is 3. The maximum Gasteiger partial charge on any atom is 0.398 e. The van der Waals surface area contributed by atoms with E-state index in [1.54, 1.807) is 23.2 Å². The molecule has 1 aliphatic carbocycles. The minimum absolute atomic E-state index is 0.105. The van der Waals surface area contributed by atoms with E-state index in [2.05, 4.69) is 0 Å². The Bertz CT molecular complexity index is 935. The molecule has 10 heteroatoms. The second-order valence-corrected chi connectivity index (χ2v) is 7.72. The molecule has 1 aromatic heterocycles. The molecule has 0 N–H and O–H groups in total. The van der Waals surface area contributed by atoms with E-state index in [1.165, 1.54) is 16.8 Å². The third-order valence-electron chi connectivity index (χ3n) is 3.95. The number of alkyl halides is 3. The lowest BCUT2D eigenvalue weighted by Crippen LogP contribution is -2.12. The van der Waals surface area contributed by atoms with Crippen molar-refractivity contribution in [2.75, 3.05) is 5.75 Å². The van der Waals surface area contributed by atoms with Crippen LogP contribution in [0.2, 0.25) is 0 Å². The van der Waals surface area contributed by atoms with E-state index < -0.39 is 17.7 Å². The van der Waals surface area contributed by atoms with Crippen molar-refractivity contribution >= 4 is 36.2 Å². The van der Waals surface area contributed by atoms with E-state index in [-0.39, 0.29) is 11.7 Å². The predicted molar refractivity (Wildman–Crippen MR) is 94.1 cm³/mol. The van der Waals surface area contributed by atoms with Crippen LogP contribution in [0.15, 0.2) is 17.0 Å². The van der Waals surface area contributed by atoms with E-state index >= 15 is 0 Å². The summed E-state index contributed by atoms with van der Waals surface area (Å²) in [5, 5.41) is 0. The van der Waals surface area contributed by atoms with Crippen molar-refractivity contribution in [2.45, 2.75) is 36.9 Å². The molecule has 0 bridgehead atoms. The highest BCUT2D eigenvalue weighted by Crippen LogP contribution is 2.37. The van der Waals surface area contributed by atoms with Gasteiger partial charge in [-0.3, -0.25) is 9.25 Å². The van der Waals surface area contributed by atoms with Gasteiger partial charge in [0.1, 0.15) is 11.5 Å². The first-order valence-corrected chi connectivity index (χ1v) is 9.31. The van der Waals surface area contributed by atoms with Crippen molar-refractivity contribution in [1.29, 1.82) is 0 Å². The van der Waals surface area contributed by atoms with Crippen molar-refractivity contribution in [1.82, 2.24) is 13.9 Å². The average molecular weight is 409 g/mol. The molecule has 1 saturated carbocycles. The number of hydrogen-bond acceptors (Lipinski definition) is 3. The summed E-state index contributed by atoms with van der Waals surface area (Å²) in [6.07, 6.45) is -2.37. The number of benzene rings is 1. The van der Waals surface area contributed by atoms with Gasteiger partial charge in [0.25, 0.3) is 0 Å². The second kappa shape index (κ2) is 6.55. The minimum atomic E-state index is -4.30. The lowest BCUT2D eigenvalue weighted by atomic mass is 10.2. The highest BCUT2D eigenvalue weighted by molar-refractivity contribution is 7.99. The Kier molecular flexibility index (Phi) is 4.89. The van der Waals surface area contributed by atoms with Crippen molar-refractivity contribution in [3.05, 3.63) is 33.1 Å². The lowest BCUT2D eigenvalue weighted by molar-refractivity contribution is -0.105. The summed E-state index contributed by atoms with van der Waals surface area (Å²) in [5.41, 5.74) is 0.554. The molecule has 3 rings (SSSR count). The molecule has 1 fully saturated rings. The van der Waals surface area contributed by atoms with Crippen LogP contribution in [0.3, 0.4) is 0 Å². The van der Waals surface area contributed by atoms with Gasteiger partial charge in [0.2, 0.25) is 4.77 Å². The van der Waals surface area contributed by atoms with Crippen LogP contribution in [0, 0.1) is 22.3 Å². The average Bonchev–Trinajstić information content (AvgIpc) is 3.29. The van der Waals surface area contributed by atoms with Gasteiger partial charge in [-0.05, 0) is 61.9 Å². The molecule has 0 amide bonds. The van der Waals surface area contributed by atoms with Gasteiger partial charge in [-0.2, -0.15) is 13.2 Å². The van der Waals surface area contributed by atoms with Crippen LogP contribution in [0.1, 0.15) is 24.4 Å². The molecule has 0 unspecified atom stereocenters. The van der Waals surface area contributed by atoms with Crippen molar-refractivity contribution in [2.24, 2.45) is 7.05 Å². The molecular formula is C15H15F4N3S3. The topological polar surface area (TPSA) is 14.8 Å². The smallest absolute Gasteiger partial charge is 0.290 e. The molecule has 1 aromatic carbocycles. The maximum atomic E-state index is 14.6. The van der Waals surface area contributed by atoms with Gasteiger partial charge in [0.05, 0.1) is 5.75 Å². The molecule has 2 aromatic rings. The van der Waals surface area contributed by atoms with Gasteiger partial charge >= 0.3 is 6.18 Å².